The van der Waals surface area contributed by atoms with Crippen molar-refractivity contribution in [1.82, 2.24) is 4.67 Å². The van der Waals surface area contributed by atoms with Gasteiger partial charge in [-0.15, -0.1) is 0 Å². The highest BCUT2D eigenvalue weighted by Crippen LogP contribution is 2.42. The highest BCUT2D eigenvalue weighted by atomic mass is 31.2. The number of aliphatic carboxylic acids is 1. The van der Waals surface area contributed by atoms with Crippen molar-refractivity contribution in [3.63, 3.8) is 0 Å². The molecule has 0 bridgehead atoms. The standard InChI is InChI=1S/C21H44NO6P/c1-2-3-4-5-6-7-8-9-10-11-12-13-14-15-16-17-18-22(29(26,27)28)20(19-23)21(24)25/h20,23H,2-19H2,1H3,(H,24,25)(H2,26,27,28)/t20-/m0/s1. The van der Waals surface area contributed by atoms with Gasteiger partial charge in [0.05, 0.1) is 6.61 Å². The molecule has 0 aliphatic carbocycles. The summed E-state index contributed by atoms with van der Waals surface area (Å²) in [5.74, 6) is -1.42. The van der Waals surface area contributed by atoms with Gasteiger partial charge in [-0.05, 0) is 6.42 Å². The molecule has 0 fully saturated rings. The first-order valence-electron chi connectivity index (χ1n) is 11.5. The molecule has 0 saturated heterocycles. The maximum atomic E-state index is 11.5. The molecule has 0 aromatic heterocycles. The van der Waals surface area contributed by atoms with Crippen molar-refractivity contribution in [2.24, 2.45) is 0 Å². The summed E-state index contributed by atoms with van der Waals surface area (Å²) < 4.78 is 12.1. The second-order valence-corrected chi connectivity index (χ2v) is 9.56. The molecular formula is C21H44NO6P. The summed E-state index contributed by atoms with van der Waals surface area (Å²) in [6.45, 7) is 1.40. The predicted molar refractivity (Wildman–Crippen MR) is 117 cm³/mol. The third-order valence-corrected chi connectivity index (χ3v) is 6.54. The van der Waals surface area contributed by atoms with Crippen molar-refractivity contribution in [2.45, 2.75) is 116 Å². The van der Waals surface area contributed by atoms with E-state index in [9.17, 15) is 19.1 Å². The van der Waals surface area contributed by atoms with E-state index in [1.807, 2.05) is 0 Å². The molecule has 29 heavy (non-hydrogen) atoms. The van der Waals surface area contributed by atoms with Crippen LogP contribution in [0.2, 0.25) is 0 Å². The lowest BCUT2D eigenvalue weighted by Gasteiger charge is -2.27. The van der Waals surface area contributed by atoms with Crippen LogP contribution in [0.15, 0.2) is 0 Å². The van der Waals surface area contributed by atoms with Crippen LogP contribution < -0.4 is 0 Å². The minimum Gasteiger partial charge on any atom is -0.480 e. The van der Waals surface area contributed by atoms with Crippen molar-refractivity contribution in [3.8, 4) is 0 Å². The molecule has 0 amide bonds. The van der Waals surface area contributed by atoms with Crippen molar-refractivity contribution in [1.29, 1.82) is 0 Å². The van der Waals surface area contributed by atoms with Crippen molar-refractivity contribution >= 4 is 13.7 Å². The van der Waals surface area contributed by atoms with Gasteiger partial charge in [-0.25, -0.2) is 4.57 Å². The predicted octanol–water partition coefficient (Wildman–Crippen LogP) is 5.09. The normalized spacial score (nSPS) is 13.1. The molecule has 0 aromatic carbocycles. The van der Waals surface area contributed by atoms with Gasteiger partial charge >= 0.3 is 13.7 Å². The summed E-state index contributed by atoms with van der Waals surface area (Å²) in [5.41, 5.74) is 0. The fourth-order valence-corrected chi connectivity index (χ4v) is 4.53. The van der Waals surface area contributed by atoms with Crippen LogP contribution in [0.4, 0.5) is 0 Å². The Morgan fingerprint density at radius 1 is 0.759 bits per heavy atom. The number of carboxylic acid groups (broad SMARTS) is 1. The van der Waals surface area contributed by atoms with Gasteiger partial charge in [-0.1, -0.05) is 103 Å². The molecule has 0 saturated carbocycles. The molecular weight excluding hydrogens is 393 g/mol. The smallest absolute Gasteiger partial charge is 0.403 e. The van der Waals surface area contributed by atoms with Gasteiger partial charge in [-0.3, -0.25) is 4.79 Å². The van der Waals surface area contributed by atoms with Crippen LogP contribution in [0, 0.1) is 0 Å². The molecule has 0 heterocycles. The third kappa shape index (κ3) is 16.0. The Hall–Kier alpha value is -0.460. The number of unbranched alkanes of at least 4 members (excludes halogenated alkanes) is 15. The van der Waals surface area contributed by atoms with Crippen molar-refractivity contribution in [3.05, 3.63) is 0 Å². The van der Waals surface area contributed by atoms with Crippen molar-refractivity contribution < 1.29 is 29.4 Å². The van der Waals surface area contributed by atoms with E-state index < -0.39 is 26.4 Å². The fraction of sp³-hybridized carbons (Fsp3) is 0.952. The molecule has 8 heteroatoms. The topological polar surface area (TPSA) is 118 Å². The number of carboxylic acids is 1. The number of hydrogen-bond acceptors (Lipinski definition) is 3. The zero-order valence-corrected chi connectivity index (χ0v) is 19.2. The highest BCUT2D eigenvalue weighted by Gasteiger charge is 2.36. The van der Waals surface area contributed by atoms with E-state index in [-0.39, 0.29) is 6.54 Å². The summed E-state index contributed by atoms with van der Waals surface area (Å²) in [6, 6.07) is -1.56. The molecule has 0 aliphatic rings. The lowest BCUT2D eigenvalue weighted by Crippen LogP contribution is -2.42. The van der Waals surface area contributed by atoms with E-state index in [1.165, 1.54) is 77.0 Å². The van der Waals surface area contributed by atoms with Crippen LogP contribution in [-0.2, 0) is 9.36 Å². The largest absolute Gasteiger partial charge is 0.480 e. The maximum absolute atomic E-state index is 11.5. The molecule has 1 atom stereocenters. The number of aliphatic hydroxyl groups is 1. The molecule has 0 unspecified atom stereocenters. The van der Waals surface area contributed by atoms with E-state index in [4.69, 9.17) is 10.2 Å². The molecule has 0 aliphatic heterocycles. The maximum Gasteiger partial charge on any atom is 0.403 e. The van der Waals surface area contributed by atoms with Gasteiger partial charge in [0.25, 0.3) is 0 Å². The second kappa shape index (κ2) is 18.3. The van der Waals surface area contributed by atoms with Gasteiger partial charge in [0.1, 0.15) is 6.04 Å². The summed E-state index contributed by atoms with van der Waals surface area (Å²) in [5, 5.41) is 18.1. The van der Waals surface area contributed by atoms with Crippen molar-refractivity contribution in [2.75, 3.05) is 13.2 Å². The van der Waals surface area contributed by atoms with Gasteiger partial charge in [0.2, 0.25) is 0 Å². The average molecular weight is 438 g/mol. The molecule has 4 N–H and O–H groups in total. The third-order valence-electron chi connectivity index (χ3n) is 5.39. The summed E-state index contributed by atoms with van der Waals surface area (Å²) >= 11 is 0. The summed E-state index contributed by atoms with van der Waals surface area (Å²) in [6.07, 6.45) is 19.3. The van der Waals surface area contributed by atoms with Gasteiger partial charge < -0.3 is 20.0 Å². The number of rotatable bonds is 21. The van der Waals surface area contributed by atoms with Gasteiger partial charge in [0.15, 0.2) is 0 Å². The van der Waals surface area contributed by atoms with E-state index in [0.29, 0.717) is 11.1 Å². The Morgan fingerprint density at radius 3 is 1.38 bits per heavy atom. The zero-order valence-electron chi connectivity index (χ0n) is 18.3. The Kier molecular flexibility index (Phi) is 18.0. The fourth-order valence-electron chi connectivity index (χ4n) is 3.59. The van der Waals surface area contributed by atoms with Crippen LogP contribution in [-0.4, -0.2) is 49.8 Å². The van der Waals surface area contributed by atoms with E-state index >= 15 is 0 Å². The first kappa shape index (κ1) is 28.5. The second-order valence-electron chi connectivity index (χ2n) is 8.02. The molecule has 7 nitrogen and oxygen atoms in total. The van der Waals surface area contributed by atoms with Gasteiger partial charge in [-0.2, -0.15) is 4.67 Å². The highest BCUT2D eigenvalue weighted by molar-refractivity contribution is 7.49. The first-order valence-corrected chi connectivity index (χ1v) is 13.1. The lowest BCUT2D eigenvalue weighted by atomic mass is 10.0. The molecule has 174 valence electrons. The van der Waals surface area contributed by atoms with E-state index in [1.54, 1.807) is 0 Å². The molecule has 0 rings (SSSR count). The number of nitrogens with zero attached hydrogens (tertiary/aromatic N) is 1. The minimum absolute atomic E-state index is 0.0275. The SMILES string of the molecule is CCCCCCCCCCCCCCCCCCN([C@@H](CO)C(=O)O)P(=O)(O)O. The van der Waals surface area contributed by atoms with Crippen LogP contribution in [0.3, 0.4) is 0 Å². The first-order chi connectivity index (χ1) is 13.8. The summed E-state index contributed by atoms with van der Waals surface area (Å²) in [4.78, 5) is 29.7. The van der Waals surface area contributed by atoms with E-state index in [2.05, 4.69) is 6.92 Å². The monoisotopic (exact) mass is 437 g/mol. The van der Waals surface area contributed by atoms with Crippen LogP contribution >= 0.6 is 7.75 Å². The molecule has 0 radical (unpaired) electrons. The Morgan fingerprint density at radius 2 is 1.10 bits per heavy atom. The number of hydrogen-bond donors (Lipinski definition) is 4. The lowest BCUT2D eigenvalue weighted by molar-refractivity contribution is -0.143. The molecule has 0 aromatic rings. The number of aliphatic hydroxyl groups excluding tert-OH is 1. The Balaban J connectivity index is 3.60. The Labute approximate surface area is 177 Å². The van der Waals surface area contributed by atoms with Crippen LogP contribution in [0.5, 0.6) is 0 Å². The van der Waals surface area contributed by atoms with E-state index in [0.717, 1.165) is 19.3 Å². The van der Waals surface area contributed by atoms with Crippen LogP contribution in [0.1, 0.15) is 110 Å². The minimum atomic E-state index is -4.70. The Bertz CT molecular complexity index is 443. The van der Waals surface area contributed by atoms with Crippen LogP contribution in [0.25, 0.3) is 0 Å². The molecule has 0 spiro atoms. The average Bonchev–Trinajstić information content (AvgIpc) is 2.65. The summed E-state index contributed by atoms with van der Waals surface area (Å²) in [7, 11) is -4.70. The quantitative estimate of drug-likeness (QED) is 0.146. The number of carbonyl (C=O) groups is 1. The zero-order chi connectivity index (χ0) is 22.0. The van der Waals surface area contributed by atoms with Gasteiger partial charge in [0, 0.05) is 6.54 Å².